The van der Waals surface area contributed by atoms with Crippen molar-refractivity contribution in [3.05, 3.63) is 146 Å². The van der Waals surface area contributed by atoms with Crippen LogP contribution in [0.1, 0.15) is 245 Å². The van der Waals surface area contributed by atoms with Gasteiger partial charge in [0, 0.05) is 12.8 Å². The van der Waals surface area contributed by atoms with Gasteiger partial charge in [-0.2, -0.15) is 0 Å². The average Bonchev–Trinajstić information content (AvgIpc) is 3.46. The predicted molar refractivity (Wildman–Crippen MR) is 354 cm³/mol. The molecule has 0 bridgehead atoms. The molecule has 0 fully saturated rings. The molecule has 0 spiro atoms. The molecule has 0 amide bonds. The van der Waals surface area contributed by atoms with Crippen molar-refractivity contribution >= 4 is 17.9 Å². The number of likely N-dealkylation sites (N-methyl/N-ethyl adjacent to an activating group) is 1. The fourth-order valence-electron chi connectivity index (χ4n) is 8.61. The number of hydrogen-bond acceptors (Lipinski definition) is 7. The first kappa shape index (κ1) is 78.2. The van der Waals surface area contributed by atoms with Gasteiger partial charge in [0.2, 0.25) is 0 Å². The highest BCUT2D eigenvalue weighted by atomic mass is 16.7. The summed E-state index contributed by atoms with van der Waals surface area (Å²) in [6.45, 7) is 4.61. The second-order valence-electron chi connectivity index (χ2n) is 22.7. The number of esters is 2. The van der Waals surface area contributed by atoms with E-state index in [9.17, 15) is 19.5 Å². The monoisotopic (exact) mass is 1150 g/mol. The largest absolute Gasteiger partial charge is 0.477 e. The molecule has 83 heavy (non-hydrogen) atoms. The molecule has 0 aliphatic carbocycles. The molecule has 2 atom stereocenters. The SMILES string of the molecule is CC/C=C\C/C=C\C/C=C\C/C=C\C/C=C\C/C=C\C/C=C\C/C=C\CCCCCCCCCCCCCCCCCCC(=O)OC(COC(=O)CCCCCC/C=C\C/C=C\C/C=C\C/C=C\CC)COC(OCC[N+](C)(C)C)C(=O)O. The fraction of sp³-hybridized carbons (Fsp3) is 0.635. The number of quaternary nitrogens is 1. The quantitative estimate of drug-likeness (QED) is 0.0211. The Bertz CT molecular complexity index is 1870. The number of unbranched alkanes of at least 4 members (excludes halogenated alkanes) is 20. The maximum absolute atomic E-state index is 12.9. The van der Waals surface area contributed by atoms with Crippen molar-refractivity contribution in [3.63, 3.8) is 0 Å². The van der Waals surface area contributed by atoms with Crippen molar-refractivity contribution in [1.82, 2.24) is 0 Å². The predicted octanol–water partition coefficient (Wildman–Crippen LogP) is 20.3. The van der Waals surface area contributed by atoms with Crippen molar-refractivity contribution in [3.8, 4) is 0 Å². The Morgan fingerprint density at radius 1 is 0.361 bits per heavy atom. The Kier molecular flexibility index (Phi) is 59.5. The molecule has 9 heteroatoms. The summed E-state index contributed by atoms with van der Waals surface area (Å²) in [5.74, 6) is -2.05. The van der Waals surface area contributed by atoms with Crippen LogP contribution in [0.15, 0.2) is 146 Å². The minimum atomic E-state index is -1.52. The van der Waals surface area contributed by atoms with Crippen LogP contribution in [-0.2, 0) is 33.3 Å². The minimum absolute atomic E-state index is 0.178. The van der Waals surface area contributed by atoms with Crippen LogP contribution >= 0.6 is 0 Å². The summed E-state index contributed by atoms with van der Waals surface area (Å²) in [5, 5.41) is 9.72. The van der Waals surface area contributed by atoms with E-state index < -0.39 is 24.3 Å². The second-order valence-corrected chi connectivity index (χ2v) is 22.7. The molecule has 0 aromatic heterocycles. The van der Waals surface area contributed by atoms with E-state index in [1.165, 1.54) is 83.5 Å². The lowest BCUT2D eigenvalue weighted by molar-refractivity contribution is -0.870. The van der Waals surface area contributed by atoms with Crippen LogP contribution in [0.4, 0.5) is 0 Å². The highest BCUT2D eigenvalue weighted by Crippen LogP contribution is 2.16. The smallest absolute Gasteiger partial charge is 0.361 e. The van der Waals surface area contributed by atoms with Crippen LogP contribution in [0.5, 0.6) is 0 Å². The summed E-state index contributed by atoms with van der Waals surface area (Å²) in [4.78, 5) is 37.5. The normalized spacial score (nSPS) is 13.7. The van der Waals surface area contributed by atoms with Crippen molar-refractivity contribution < 1.29 is 42.9 Å². The number of carbonyl (C=O) groups is 3. The number of carboxylic acids is 1. The zero-order valence-electron chi connectivity index (χ0n) is 53.5. The second kappa shape index (κ2) is 63.2. The van der Waals surface area contributed by atoms with E-state index in [1.54, 1.807) is 0 Å². The minimum Gasteiger partial charge on any atom is -0.477 e. The van der Waals surface area contributed by atoms with Crippen LogP contribution in [0.25, 0.3) is 0 Å². The lowest BCUT2D eigenvalue weighted by Crippen LogP contribution is -2.40. The Morgan fingerprint density at radius 2 is 0.651 bits per heavy atom. The standard InChI is InChI=1S/C74H121NO8/c1-6-8-10-12-14-16-18-20-22-24-25-26-27-28-29-30-31-32-33-34-35-36-37-38-39-40-41-42-43-44-45-46-47-49-51-53-55-57-59-61-63-65-72(77)83-70(69-82-74(73(78)79)80-67-66-75(3,4)5)68-81-71(76)64-62-60-58-56-54-52-50-48-23-21-19-17-15-13-11-9-7-2/h8-11,14-17,20-23,25-26,28-29,31-32,34-35,37-38,50,52,70,74H,6-7,12-13,18-19,24,27,30,33,36,39-49,51,53-69H2,1-5H3/p+1/b10-8-,11-9-,16-14-,17-15-,22-20-,23-21-,26-25-,29-28-,32-31-,35-34-,38-37-,52-50-. The molecule has 0 aromatic carbocycles. The molecule has 1 N–H and O–H groups in total. The number of rotatable bonds is 59. The lowest BCUT2D eigenvalue weighted by Gasteiger charge is -2.25. The summed E-state index contributed by atoms with van der Waals surface area (Å²) < 4.78 is 22.9. The van der Waals surface area contributed by atoms with Gasteiger partial charge in [-0.15, -0.1) is 0 Å². The molecule has 9 nitrogen and oxygen atoms in total. The molecule has 0 heterocycles. The Balaban J connectivity index is 4.09. The van der Waals surface area contributed by atoms with Gasteiger partial charge >= 0.3 is 17.9 Å². The molecule has 0 aliphatic rings. The number of nitrogens with zero attached hydrogens (tertiary/aromatic N) is 1. The molecule has 0 saturated carbocycles. The van der Waals surface area contributed by atoms with Crippen LogP contribution in [0.2, 0.25) is 0 Å². The van der Waals surface area contributed by atoms with Crippen molar-refractivity contribution in [2.45, 2.75) is 257 Å². The van der Waals surface area contributed by atoms with Gasteiger partial charge in [0.1, 0.15) is 13.2 Å². The molecule has 0 rings (SSSR count). The first-order valence-electron chi connectivity index (χ1n) is 33.0. The lowest BCUT2D eigenvalue weighted by atomic mass is 10.0. The average molecular weight is 1150 g/mol. The van der Waals surface area contributed by atoms with Gasteiger partial charge in [-0.25, -0.2) is 4.79 Å². The first-order valence-corrected chi connectivity index (χ1v) is 33.0. The van der Waals surface area contributed by atoms with Gasteiger partial charge in [-0.1, -0.05) is 262 Å². The van der Waals surface area contributed by atoms with E-state index in [1.807, 2.05) is 21.1 Å². The van der Waals surface area contributed by atoms with E-state index in [0.717, 1.165) is 122 Å². The van der Waals surface area contributed by atoms with Crippen molar-refractivity contribution in [2.24, 2.45) is 0 Å². The molecule has 0 saturated heterocycles. The maximum Gasteiger partial charge on any atom is 0.361 e. The van der Waals surface area contributed by atoms with Crippen molar-refractivity contribution in [1.29, 1.82) is 0 Å². The zero-order valence-corrected chi connectivity index (χ0v) is 53.5. The number of allylic oxidation sites excluding steroid dienone is 24. The topological polar surface area (TPSA) is 108 Å². The van der Waals surface area contributed by atoms with E-state index in [0.29, 0.717) is 23.9 Å². The molecular formula is C74H122NO8+. The van der Waals surface area contributed by atoms with Gasteiger partial charge in [0.05, 0.1) is 34.4 Å². The summed E-state index contributed by atoms with van der Waals surface area (Å²) in [6, 6.07) is 0. The highest BCUT2D eigenvalue weighted by Gasteiger charge is 2.25. The number of aliphatic carboxylic acids is 1. The summed E-state index contributed by atoms with van der Waals surface area (Å²) in [5.41, 5.74) is 0. The van der Waals surface area contributed by atoms with Gasteiger partial charge in [-0.3, -0.25) is 9.59 Å². The zero-order chi connectivity index (χ0) is 60.5. The molecule has 0 radical (unpaired) electrons. The maximum atomic E-state index is 12.9. The molecular weight excluding hydrogens is 1030 g/mol. The van der Waals surface area contributed by atoms with E-state index in [4.69, 9.17) is 18.9 Å². The third kappa shape index (κ3) is 64.6. The Morgan fingerprint density at radius 3 is 0.964 bits per heavy atom. The van der Waals surface area contributed by atoms with E-state index >= 15 is 0 Å². The van der Waals surface area contributed by atoms with E-state index in [-0.39, 0.29) is 38.6 Å². The number of ether oxygens (including phenoxy) is 4. The molecule has 2 unspecified atom stereocenters. The third-order valence-electron chi connectivity index (χ3n) is 13.6. The van der Waals surface area contributed by atoms with Crippen LogP contribution in [-0.4, -0.2) is 87.4 Å². The molecule has 0 aromatic rings. The Labute approximate surface area is 509 Å². The Hall–Kier alpha value is -4.83. The first-order chi connectivity index (χ1) is 40.6. The van der Waals surface area contributed by atoms with Gasteiger partial charge < -0.3 is 28.5 Å². The third-order valence-corrected chi connectivity index (χ3v) is 13.6. The fourth-order valence-corrected chi connectivity index (χ4v) is 8.61. The summed E-state index contributed by atoms with van der Waals surface area (Å²) in [6.07, 6.45) is 89.6. The number of carbonyl (C=O) groups excluding carboxylic acids is 2. The summed E-state index contributed by atoms with van der Waals surface area (Å²) in [7, 11) is 5.96. The van der Waals surface area contributed by atoms with E-state index in [2.05, 4.69) is 160 Å². The molecule has 0 aliphatic heterocycles. The number of carboxylic acid groups (broad SMARTS) is 1. The van der Waals surface area contributed by atoms with Gasteiger partial charge in [0.25, 0.3) is 6.29 Å². The number of hydrogen-bond donors (Lipinski definition) is 1. The van der Waals surface area contributed by atoms with Crippen molar-refractivity contribution in [2.75, 3.05) is 47.5 Å². The molecule has 470 valence electrons. The van der Waals surface area contributed by atoms with Crippen LogP contribution in [0.3, 0.4) is 0 Å². The van der Waals surface area contributed by atoms with Crippen LogP contribution < -0.4 is 0 Å². The van der Waals surface area contributed by atoms with Crippen LogP contribution in [0, 0.1) is 0 Å². The van der Waals surface area contributed by atoms with Gasteiger partial charge in [-0.05, 0) is 116 Å². The highest BCUT2D eigenvalue weighted by molar-refractivity contribution is 5.71. The van der Waals surface area contributed by atoms with Gasteiger partial charge in [0.15, 0.2) is 6.10 Å². The summed E-state index contributed by atoms with van der Waals surface area (Å²) >= 11 is 0.